The lowest BCUT2D eigenvalue weighted by atomic mass is 10.2. The lowest BCUT2D eigenvalue weighted by molar-refractivity contribution is 0.414. The van der Waals surface area contributed by atoms with Gasteiger partial charge in [-0.1, -0.05) is 25.6 Å². The molecular weight excluding hydrogens is 308 g/mol. The molecular formula is C17H18N4OS. The minimum Gasteiger partial charge on any atom is -0.497 e. The van der Waals surface area contributed by atoms with E-state index in [9.17, 15) is 0 Å². The van der Waals surface area contributed by atoms with E-state index in [1.807, 2.05) is 36.4 Å². The second-order valence-corrected chi connectivity index (χ2v) is 6.79. The summed E-state index contributed by atoms with van der Waals surface area (Å²) in [5.74, 6) is 1.63. The van der Waals surface area contributed by atoms with Crippen LogP contribution >= 0.6 is 11.8 Å². The summed E-state index contributed by atoms with van der Waals surface area (Å²) in [6.45, 7) is 4.29. The molecule has 0 aliphatic heterocycles. The molecule has 0 aliphatic carbocycles. The van der Waals surface area contributed by atoms with Gasteiger partial charge < -0.3 is 4.74 Å². The van der Waals surface area contributed by atoms with Crippen LogP contribution in [0.25, 0.3) is 17.1 Å². The van der Waals surface area contributed by atoms with E-state index in [1.54, 1.807) is 31.3 Å². The highest BCUT2D eigenvalue weighted by molar-refractivity contribution is 7.99. The second-order valence-electron chi connectivity index (χ2n) is 5.24. The molecule has 0 spiro atoms. The first-order chi connectivity index (χ1) is 11.2. The molecule has 0 bridgehead atoms. The maximum atomic E-state index is 5.24. The molecule has 6 heteroatoms. The fourth-order valence-electron chi connectivity index (χ4n) is 2.21. The molecule has 0 atom stereocenters. The normalized spacial score (nSPS) is 11.0. The van der Waals surface area contributed by atoms with Crippen LogP contribution in [-0.4, -0.2) is 32.1 Å². The molecule has 0 radical (unpaired) electrons. The largest absolute Gasteiger partial charge is 0.497 e. The zero-order valence-corrected chi connectivity index (χ0v) is 14.1. The zero-order valence-electron chi connectivity index (χ0n) is 13.3. The number of hydrogen-bond donors (Lipinski definition) is 0. The van der Waals surface area contributed by atoms with E-state index in [0.717, 1.165) is 28.0 Å². The van der Waals surface area contributed by atoms with Crippen molar-refractivity contribution in [1.82, 2.24) is 19.7 Å². The molecule has 1 aromatic carbocycles. The van der Waals surface area contributed by atoms with E-state index in [-0.39, 0.29) is 0 Å². The average molecular weight is 326 g/mol. The highest BCUT2D eigenvalue weighted by Crippen LogP contribution is 2.30. The van der Waals surface area contributed by atoms with Gasteiger partial charge >= 0.3 is 0 Å². The predicted molar refractivity (Wildman–Crippen MR) is 92.1 cm³/mol. The molecule has 3 aromatic rings. The number of methoxy groups -OCH3 is 1. The molecule has 0 saturated heterocycles. The lowest BCUT2D eigenvalue weighted by Gasteiger charge is -2.12. The Kier molecular flexibility index (Phi) is 4.62. The number of ether oxygens (including phenoxy) is 1. The number of rotatable bonds is 5. The van der Waals surface area contributed by atoms with Crippen LogP contribution in [0.15, 0.2) is 53.9 Å². The van der Waals surface area contributed by atoms with Crippen LogP contribution in [0.3, 0.4) is 0 Å². The maximum Gasteiger partial charge on any atom is 0.196 e. The van der Waals surface area contributed by atoms with Crippen LogP contribution in [0.2, 0.25) is 0 Å². The fourth-order valence-corrected chi connectivity index (χ4v) is 3.02. The van der Waals surface area contributed by atoms with Gasteiger partial charge in [-0.05, 0) is 36.4 Å². The van der Waals surface area contributed by atoms with E-state index in [0.29, 0.717) is 5.25 Å². The Morgan fingerprint density at radius 3 is 2.30 bits per heavy atom. The summed E-state index contributed by atoms with van der Waals surface area (Å²) in [7, 11) is 1.66. The Labute approximate surface area is 139 Å². The van der Waals surface area contributed by atoms with Crippen molar-refractivity contribution in [2.24, 2.45) is 0 Å². The summed E-state index contributed by atoms with van der Waals surface area (Å²) < 4.78 is 7.31. The van der Waals surface area contributed by atoms with Gasteiger partial charge in [-0.3, -0.25) is 9.55 Å². The summed E-state index contributed by atoms with van der Waals surface area (Å²) in [5, 5.41) is 10.1. The minimum atomic E-state index is 0.418. The Morgan fingerprint density at radius 1 is 1.00 bits per heavy atom. The molecule has 0 unspecified atom stereocenters. The molecule has 5 nitrogen and oxygen atoms in total. The van der Waals surface area contributed by atoms with Crippen LogP contribution in [0.4, 0.5) is 0 Å². The van der Waals surface area contributed by atoms with Gasteiger partial charge in [0.1, 0.15) is 5.75 Å². The highest BCUT2D eigenvalue weighted by Gasteiger charge is 2.17. The topological polar surface area (TPSA) is 52.8 Å². The number of hydrogen-bond acceptors (Lipinski definition) is 5. The fraction of sp³-hybridized carbons (Fsp3) is 0.235. The molecule has 0 saturated carbocycles. The minimum absolute atomic E-state index is 0.418. The van der Waals surface area contributed by atoms with Crippen molar-refractivity contribution < 1.29 is 4.74 Å². The van der Waals surface area contributed by atoms with Gasteiger partial charge in [0.15, 0.2) is 11.0 Å². The lowest BCUT2D eigenvalue weighted by Crippen LogP contribution is -2.01. The Morgan fingerprint density at radius 2 is 1.70 bits per heavy atom. The van der Waals surface area contributed by atoms with Crippen molar-refractivity contribution in [3.05, 3.63) is 48.8 Å². The van der Waals surface area contributed by atoms with Crippen LogP contribution < -0.4 is 4.74 Å². The molecule has 0 fully saturated rings. The van der Waals surface area contributed by atoms with E-state index in [4.69, 9.17) is 4.74 Å². The van der Waals surface area contributed by atoms with E-state index in [2.05, 4.69) is 33.6 Å². The van der Waals surface area contributed by atoms with Crippen LogP contribution in [0, 0.1) is 0 Å². The average Bonchev–Trinajstić information content (AvgIpc) is 2.98. The number of aromatic nitrogens is 4. The molecule has 23 heavy (non-hydrogen) atoms. The van der Waals surface area contributed by atoms with Gasteiger partial charge in [0, 0.05) is 28.9 Å². The highest BCUT2D eigenvalue weighted by atomic mass is 32.2. The smallest absolute Gasteiger partial charge is 0.196 e. The molecule has 3 rings (SSSR count). The number of nitrogens with zero attached hydrogens (tertiary/aromatic N) is 4. The molecule has 0 amide bonds. The van der Waals surface area contributed by atoms with Crippen molar-refractivity contribution in [1.29, 1.82) is 0 Å². The Bertz CT molecular complexity index is 769. The first-order valence-corrected chi connectivity index (χ1v) is 8.24. The summed E-state index contributed by atoms with van der Waals surface area (Å²) in [6, 6.07) is 11.8. The van der Waals surface area contributed by atoms with Crippen molar-refractivity contribution in [3.63, 3.8) is 0 Å². The van der Waals surface area contributed by atoms with E-state index >= 15 is 0 Å². The molecule has 0 aliphatic rings. The SMILES string of the molecule is COc1ccc(-n2c(SC(C)C)nnc2-c2ccncc2)cc1. The van der Waals surface area contributed by atoms with Crippen molar-refractivity contribution in [2.75, 3.05) is 7.11 Å². The van der Waals surface area contributed by atoms with Gasteiger partial charge in [0.25, 0.3) is 0 Å². The van der Waals surface area contributed by atoms with Gasteiger partial charge in [0.2, 0.25) is 0 Å². The van der Waals surface area contributed by atoms with Crippen LogP contribution in [0.1, 0.15) is 13.8 Å². The first-order valence-electron chi connectivity index (χ1n) is 7.36. The van der Waals surface area contributed by atoms with Gasteiger partial charge in [-0.15, -0.1) is 10.2 Å². The third-order valence-electron chi connectivity index (χ3n) is 3.24. The Hall–Kier alpha value is -2.34. The van der Waals surface area contributed by atoms with Gasteiger partial charge in [0.05, 0.1) is 7.11 Å². The van der Waals surface area contributed by atoms with E-state index in [1.165, 1.54) is 0 Å². The van der Waals surface area contributed by atoms with Crippen LogP contribution in [0.5, 0.6) is 5.75 Å². The predicted octanol–water partition coefficient (Wildman–Crippen LogP) is 3.84. The third-order valence-corrected chi connectivity index (χ3v) is 4.19. The molecule has 2 aromatic heterocycles. The number of pyridine rings is 1. The molecule has 2 heterocycles. The summed E-state index contributed by atoms with van der Waals surface area (Å²) in [6.07, 6.45) is 3.52. The maximum absolute atomic E-state index is 5.24. The Balaban J connectivity index is 2.12. The van der Waals surface area contributed by atoms with Crippen molar-refractivity contribution in [3.8, 4) is 22.8 Å². The van der Waals surface area contributed by atoms with E-state index < -0.39 is 0 Å². The zero-order chi connectivity index (χ0) is 16.2. The standard InChI is InChI=1S/C17H18N4OS/c1-12(2)23-17-20-19-16(13-8-10-18-11-9-13)21(17)14-4-6-15(22-3)7-5-14/h4-12H,1-3H3. The molecule has 0 N–H and O–H groups in total. The quantitative estimate of drug-likeness (QED) is 0.667. The van der Waals surface area contributed by atoms with Gasteiger partial charge in [-0.2, -0.15) is 0 Å². The molecule has 118 valence electrons. The monoisotopic (exact) mass is 326 g/mol. The number of benzene rings is 1. The third kappa shape index (κ3) is 3.37. The summed E-state index contributed by atoms with van der Waals surface area (Å²) >= 11 is 1.69. The van der Waals surface area contributed by atoms with Crippen LogP contribution in [-0.2, 0) is 0 Å². The van der Waals surface area contributed by atoms with Crippen molar-refractivity contribution >= 4 is 11.8 Å². The number of thioether (sulfide) groups is 1. The first kappa shape index (κ1) is 15.6. The summed E-state index contributed by atoms with van der Waals surface area (Å²) in [4.78, 5) is 4.07. The summed E-state index contributed by atoms with van der Waals surface area (Å²) in [5.41, 5.74) is 1.99. The second kappa shape index (κ2) is 6.83. The van der Waals surface area contributed by atoms with Gasteiger partial charge in [-0.25, -0.2) is 0 Å². The van der Waals surface area contributed by atoms with Crippen molar-refractivity contribution in [2.45, 2.75) is 24.3 Å².